The number of nitrogens with zero attached hydrogens (tertiary/aromatic N) is 2. The van der Waals surface area contributed by atoms with Gasteiger partial charge in [0.05, 0.1) is 11.4 Å². The maximum Gasteiger partial charge on any atom is 0.265 e. The number of phenols is 1. The number of amides is 2. The summed E-state index contributed by atoms with van der Waals surface area (Å²) in [6.07, 6.45) is 1.57. The molecule has 0 saturated heterocycles. The number of phenolic OH excluding ortho intramolecular Hbond substituents is 1. The molecular formula is C25H16N2O3. The molecule has 4 aromatic rings. The number of aliphatic imine (C=N–C) groups is 1. The average Bonchev–Trinajstić information content (AvgIpc) is 2.78. The maximum atomic E-state index is 13.2. The van der Waals surface area contributed by atoms with Gasteiger partial charge in [-0.25, -0.2) is 4.90 Å². The van der Waals surface area contributed by atoms with Gasteiger partial charge in [-0.05, 0) is 42.5 Å². The van der Waals surface area contributed by atoms with Gasteiger partial charge in [0.25, 0.3) is 11.8 Å². The summed E-state index contributed by atoms with van der Waals surface area (Å²) >= 11 is 0. The first-order chi connectivity index (χ1) is 14.6. The molecule has 4 aromatic carbocycles. The van der Waals surface area contributed by atoms with Crippen LogP contribution in [0.4, 0.5) is 11.4 Å². The molecule has 0 bridgehead atoms. The third-order valence-corrected chi connectivity index (χ3v) is 5.18. The van der Waals surface area contributed by atoms with E-state index in [9.17, 15) is 14.7 Å². The van der Waals surface area contributed by atoms with E-state index in [4.69, 9.17) is 0 Å². The predicted molar refractivity (Wildman–Crippen MR) is 117 cm³/mol. The summed E-state index contributed by atoms with van der Waals surface area (Å²) in [6.45, 7) is 0. The molecule has 1 heterocycles. The summed E-state index contributed by atoms with van der Waals surface area (Å²) in [6, 6.07) is 24.6. The summed E-state index contributed by atoms with van der Waals surface area (Å²) in [5.74, 6) is -0.579. The van der Waals surface area contributed by atoms with Gasteiger partial charge in [0, 0.05) is 33.7 Å². The Hall–Kier alpha value is -4.25. The van der Waals surface area contributed by atoms with E-state index in [1.54, 1.807) is 72.9 Å². The molecule has 144 valence electrons. The quantitative estimate of drug-likeness (QED) is 0.390. The van der Waals surface area contributed by atoms with Crippen molar-refractivity contribution in [3.05, 3.63) is 102 Å². The topological polar surface area (TPSA) is 70.0 Å². The number of para-hydroxylation sites is 2. The lowest BCUT2D eigenvalue weighted by Crippen LogP contribution is -2.40. The molecular weight excluding hydrogens is 376 g/mol. The van der Waals surface area contributed by atoms with Crippen LogP contribution in [-0.2, 0) is 0 Å². The first-order valence-corrected chi connectivity index (χ1v) is 9.47. The van der Waals surface area contributed by atoms with Crippen LogP contribution in [-0.4, -0.2) is 23.1 Å². The summed E-state index contributed by atoms with van der Waals surface area (Å²) < 4.78 is 0. The minimum absolute atomic E-state index is 0.132. The van der Waals surface area contributed by atoms with Gasteiger partial charge < -0.3 is 5.11 Å². The van der Waals surface area contributed by atoms with Gasteiger partial charge in [-0.3, -0.25) is 14.6 Å². The second-order valence-corrected chi connectivity index (χ2v) is 6.96. The number of imide groups is 1. The van der Waals surface area contributed by atoms with Crippen molar-refractivity contribution in [3.8, 4) is 5.75 Å². The van der Waals surface area contributed by atoms with E-state index >= 15 is 0 Å². The Morgan fingerprint density at radius 2 is 1.43 bits per heavy atom. The number of carbonyl (C=O) groups excluding carboxylic acids is 2. The Balaban J connectivity index is 1.65. The zero-order valence-electron chi connectivity index (χ0n) is 15.8. The summed E-state index contributed by atoms with van der Waals surface area (Å²) in [7, 11) is 0. The monoisotopic (exact) mass is 392 g/mol. The van der Waals surface area contributed by atoms with Crippen LogP contribution in [0.25, 0.3) is 10.8 Å². The lowest BCUT2D eigenvalue weighted by Gasteiger charge is -2.27. The van der Waals surface area contributed by atoms with Crippen molar-refractivity contribution in [2.24, 2.45) is 4.99 Å². The van der Waals surface area contributed by atoms with Crippen molar-refractivity contribution >= 4 is 40.2 Å². The fourth-order valence-corrected chi connectivity index (χ4v) is 3.74. The highest BCUT2D eigenvalue weighted by atomic mass is 16.3. The Labute approximate surface area is 172 Å². The van der Waals surface area contributed by atoms with E-state index < -0.39 is 0 Å². The summed E-state index contributed by atoms with van der Waals surface area (Å²) in [4.78, 5) is 32.1. The van der Waals surface area contributed by atoms with E-state index in [-0.39, 0.29) is 17.6 Å². The first kappa shape index (κ1) is 17.8. The number of hydrogen-bond donors (Lipinski definition) is 1. The maximum absolute atomic E-state index is 13.2. The van der Waals surface area contributed by atoms with Gasteiger partial charge in [-0.15, -0.1) is 0 Å². The zero-order valence-corrected chi connectivity index (χ0v) is 15.8. The molecule has 5 rings (SSSR count). The van der Waals surface area contributed by atoms with Gasteiger partial charge in [-0.2, -0.15) is 0 Å². The molecule has 0 fully saturated rings. The van der Waals surface area contributed by atoms with Crippen LogP contribution < -0.4 is 4.90 Å². The minimum Gasteiger partial charge on any atom is -0.507 e. The van der Waals surface area contributed by atoms with Crippen LogP contribution in [0.3, 0.4) is 0 Å². The van der Waals surface area contributed by atoms with E-state index in [1.165, 1.54) is 4.90 Å². The molecule has 0 radical (unpaired) electrons. The molecule has 1 aliphatic rings. The minimum atomic E-state index is -0.355. The molecule has 0 aliphatic carbocycles. The zero-order chi connectivity index (χ0) is 20.7. The van der Waals surface area contributed by atoms with Crippen molar-refractivity contribution in [2.45, 2.75) is 0 Å². The number of anilines is 1. The second kappa shape index (κ2) is 6.97. The Kier molecular flexibility index (Phi) is 4.14. The second-order valence-electron chi connectivity index (χ2n) is 6.96. The van der Waals surface area contributed by atoms with Crippen molar-refractivity contribution < 1.29 is 14.7 Å². The van der Waals surface area contributed by atoms with Gasteiger partial charge in [0.1, 0.15) is 5.75 Å². The number of hydrogen-bond acceptors (Lipinski definition) is 4. The standard InChI is InChI=1S/C25H16N2O3/c28-22-12-5-4-7-16(22)15-26-21-14-13-20-23-18(21)10-6-11-19(23)24(29)27(25(20)30)17-8-2-1-3-9-17/h1-15,28H. The van der Waals surface area contributed by atoms with Crippen LogP contribution in [0.5, 0.6) is 5.75 Å². The van der Waals surface area contributed by atoms with Gasteiger partial charge in [0.15, 0.2) is 0 Å². The molecule has 1 aliphatic heterocycles. The Morgan fingerprint density at radius 1 is 0.733 bits per heavy atom. The Bertz CT molecular complexity index is 1320. The Morgan fingerprint density at radius 3 is 2.20 bits per heavy atom. The van der Waals surface area contributed by atoms with Gasteiger partial charge in [0.2, 0.25) is 0 Å². The van der Waals surface area contributed by atoms with Crippen LogP contribution in [0.2, 0.25) is 0 Å². The van der Waals surface area contributed by atoms with Crippen molar-refractivity contribution in [1.29, 1.82) is 0 Å². The number of benzene rings is 4. The molecule has 0 unspecified atom stereocenters. The lowest BCUT2D eigenvalue weighted by molar-refractivity contribution is 0.0893. The summed E-state index contributed by atoms with van der Waals surface area (Å²) in [5.41, 5.74) is 2.67. The summed E-state index contributed by atoms with van der Waals surface area (Å²) in [5, 5.41) is 11.3. The normalized spacial score (nSPS) is 13.4. The van der Waals surface area contributed by atoms with Crippen LogP contribution in [0.1, 0.15) is 26.3 Å². The molecule has 5 nitrogen and oxygen atoms in total. The van der Waals surface area contributed by atoms with Crippen molar-refractivity contribution in [3.63, 3.8) is 0 Å². The third kappa shape index (κ3) is 2.76. The van der Waals surface area contributed by atoms with E-state index in [0.29, 0.717) is 38.8 Å². The third-order valence-electron chi connectivity index (χ3n) is 5.18. The largest absolute Gasteiger partial charge is 0.507 e. The van der Waals surface area contributed by atoms with E-state index in [1.807, 2.05) is 18.2 Å². The van der Waals surface area contributed by atoms with Crippen LogP contribution >= 0.6 is 0 Å². The molecule has 2 amide bonds. The smallest absolute Gasteiger partial charge is 0.265 e. The van der Waals surface area contributed by atoms with Gasteiger partial charge in [-0.1, -0.05) is 42.5 Å². The van der Waals surface area contributed by atoms with Crippen molar-refractivity contribution in [2.75, 3.05) is 4.90 Å². The molecule has 0 saturated carbocycles. The van der Waals surface area contributed by atoms with E-state index in [0.717, 1.165) is 0 Å². The van der Waals surface area contributed by atoms with Crippen molar-refractivity contribution in [1.82, 2.24) is 0 Å². The fourth-order valence-electron chi connectivity index (χ4n) is 3.74. The highest BCUT2D eigenvalue weighted by molar-refractivity contribution is 6.36. The average molecular weight is 392 g/mol. The van der Waals surface area contributed by atoms with Gasteiger partial charge >= 0.3 is 0 Å². The molecule has 30 heavy (non-hydrogen) atoms. The number of carbonyl (C=O) groups is 2. The lowest BCUT2D eigenvalue weighted by atomic mass is 9.92. The number of aromatic hydroxyl groups is 1. The molecule has 0 spiro atoms. The SMILES string of the molecule is O=C1c2cccc3c(N=Cc4ccccc4O)ccc(c23)C(=O)N1c1ccccc1. The molecule has 0 atom stereocenters. The first-order valence-electron chi connectivity index (χ1n) is 9.47. The molecule has 1 N–H and O–H groups in total. The fraction of sp³-hybridized carbons (Fsp3) is 0. The van der Waals surface area contributed by atoms with Crippen LogP contribution in [0, 0.1) is 0 Å². The highest BCUT2D eigenvalue weighted by Gasteiger charge is 2.34. The van der Waals surface area contributed by atoms with E-state index in [2.05, 4.69) is 4.99 Å². The predicted octanol–water partition coefficient (Wildman–Crippen LogP) is 5.10. The molecule has 5 heteroatoms. The van der Waals surface area contributed by atoms with Crippen LogP contribution in [0.15, 0.2) is 89.9 Å². The highest BCUT2D eigenvalue weighted by Crippen LogP contribution is 2.37. The number of rotatable bonds is 3. The molecule has 0 aromatic heterocycles.